The van der Waals surface area contributed by atoms with E-state index in [-0.39, 0.29) is 6.04 Å². The van der Waals surface area contributed by atoms with Crippen LogP contribution in [0.2, 0.25) is 0 Å². The van der Waals surface area contributed by atoms with Crippen LogP contribution in [0.4, 0.5) is 5.82 Å². The van der Waals surface area contributed by atoms with Gasteiger partial charge in [0.05, 0.1) is 5.69 Å². The lowest BCUT2D eigenvalue weighted by atomic mass is 9.98. The number of nitrogens with two attached hydrogens (primary N) is 1. The zero-order chi connectivity index (χ0) is 14.0. The molecule has 0 spiro atoms. The number of anilines is 1. The molecule has 4 heteroatoms. The first-order valence-electron chi connectivity index (χ1n) is 7.55. The summed E-state index contributed by atoms with van der Waals surface area (Å²) in [5.74, 6) is 2.07. The van der Waals surface area contributed by atoms with Crippen molar-refractivity contribution in [1.82, 2.24) is 9.78 Å². The maximum Gasteiger partial charge on any atom is 0.130 e. The van der Waals surface area contributed by atoms with Crippen LogP contribution in [0.5, 0.6) is 0 Å². The lowest BCUT2D eigenvalue weighted by Crippen LogP contribution is -2.36. The van der Waals surface area contributed by atoms with Crippen molar-refractivity contribution >= 4 is 5.82 Å². The second-order valence-electron chi connectivity index (χ2n) is 6.08. The van der Waals surface area contributed by atoms with Gasteiger partial charge in [-0.25, -0.2) is 0 Å². The number of rotatable bonds is 4. The van der Waals surface area contributed by atoms with Crippen LogP contribution in [0.15, 0.2) is 0 Å². The second kappa shape index (κ2) is 5.95. The van der Waals surface area contributed by atoms with E-state index in [9.17, 15) is 0 Å². The number of hydrogen-bond acceptors (Lipinski definition) is 3. The first-order valence-corrected chi connectivity index (χ1v) is 7.55. The molecule has 2 atom stereocenters. The van der Waals surface area contributed by atoms with Gasteiger partial charge in [-0.1, -0.05) is 13.8 Å². The number of hydrogen-bond donors (Lipinski definition) is 1. The fourth-order valence-electron chi connectivity index (χ4n) is 3.11. The average Bonchev–Trinajstić information content (AvgIpc) is 2.64. The van der Waals surface area contributed by atoms with Crippen LogP contribution >= 0.6 is 0 Å². The minimum absolute atomic E-state index is 0.240. The number of piperidine rings is 1. The van der Waals surface area contributed by atoms with Gasteiger partial charge in [0.15, 0.2) is 0 Å². The molecule has 1 aliphatic heterocycles. The summed E-state index contributed by atoms with van der Waals surface area (Å²) in [6, 6.07) is 0.240. The molecule has 0 saturated carbocycles. The SMILES string of the molecule is CCC(N)Cc1c(C)nn(C)c1N1CCCC(C)C1. The predicted molar refractivity (Wildman–Crippen MR) is 80.5 cm³/mol. The molecule has 1 fully saturated rings. The van der Waals surface area contributed by atoms with Crippen molar-refractivity contribution in [3.05, 3.63) is 11.3 Å². The molecular weight excluding hydrogens is 236 g/mol. The van der Waals surface area contributed by atoms with E-state index < -0.39 is 0 Å². The predicted octanol–water partition coefficient (Wildman–Crippen LogP) is 2.24. The molecule has 0 aromatic carbocycles. The summed E-state index contributed by atoms with van der Waals surface area (Å²) < 4.78 is 2.05. The highest BCUT2D eigenvalue weighted by Crippen LogP contribution is 2.28. The van der Waals surface area contributed by atoms with E-state index in [1.54, 1.807) is 0 Å². The van der Waals surface area contributed by atoms with Crippen LogP contribution in [0, 0.1) is 12.8 Å². The first-order chi connectivity index (χ1) is 9.02. The highest BCUT2D eigenvalue weighted by Gasteiger charge is 2.24. The average molecular weight is 264 g/mol. The van der Waals surface area contributed by atoms with Crippen molar-refractivity contribution < 1.29 is 0 Å². The third-order valence-electron chi connectivity index (χ3n) is 4.26. The third-order valence-corrected chi connectivity index (χ3v) is 4.26. The Morgan fingerprint density at radius 2 is 2.21 bits per heavy atom. The molecule has 2 heterocycles. The molecule has 0 amide bonds. The van der Waals surface area contributed by atoms with E-state index in [4.69, 9.17) is 5.73 Å². The van der Waals surface area contributed by atoms with Gasteiger partial charge in [-0.3, -0.25) is 4.68 Å². The fourth-order valence-corrected chi connectivity index (χ4v) is 3.11. The minimum Gasteiger partial charge on any atom is -0.356 e. The lowest BCUT2D eigenvalue weighted by Gasteiger charge is -2.33. The second-order valence-corrected chi connectivity index (χ2v) is 6.08. The maximum absolute atomic E-state index is 6.15. The summed E-state index contributed by atoms with van der Waals surface area (Å²) >= 11 is 0. The van der Waals surface area contributed by atoms with Crippen LogP contribution in [0.25, 0.3) is 0 Å². The normalized spacial score (nSPS) is 21.7. The largest absolute Gasteiger partial charge is 0.356 e. The molecule has 0 radical (unpaired) electrons. The van der Waals surface area contributed by atoms with Crippen molar-refractivity contribution in [2.45, 2.75) is 52.5 Å². The number of aryl methyl sites for hydroxylation is 2. The van der Waals surface area contributed by atoms with Gasteiger partial charge < -0.3 is 10.6 Å². The van der Waals surface area contributed by atoms with Crippen LogP contribution in [0.3, 0.4) is 0 Å². The summed E-state index contributed by atoms with van der Waals surface area (Å²) in [6.07, 6.45) is 4.59. The van der Waals surface area contributed by atoms with E-state index in [0.29, 0.717) is 0 Å². The van der Waals surface area contributed by atoms with Gasteiger partial charge in [0.1, 0.15) is 5.82 Å². The molecule has 19 heavy (non-hydrogen) atoms. The minimum atomic E-state index is 0.240. The third kappa shape index (κ3) is 3.11. The Balaban J connectivity index is 2.27. The van der Waals surface area contributed by atoms with Gasteiger partial charge in [-0.2, -0.15) is 5.10 Å². The zero-order valence-corrected chi connectivity index (χ0v) is 12.8. The molecule has 2 rings (SSSR count). The van der Waals surface area contributed by atoms with E-state index >= 15 is 0 Å². The van der Waals surface area contributed by atoms with Crippen molar-refractivity contribution in [2.24, 2.45) is 18.7 Å². The van der Waals surface area contributed by atoms with Crippen LogP contribution < -0.4 is 10.6 Å². The Bertz CT molecular complexity index is 424. The van der Waals surface area contributed by atoms with Crippen LogP contribution in [0.1, 0.15) is 44.4 Å². The van der Waals surface area contributed by atoms with Gasteiger partial charge in [0, 0.05) is 31.7 Å². The van der Waals surface area contributed by atoms with E-state index in [2.05, 4.69) is 37.8 Å². The smallest absolute Gasteiger partial charge is 0.130 e. The molecule has 108 valence electrons. The van der Waals surface area contributed by atoms with Crippen molar-refractivity contribution in [3.8, 4) is 0 Å². The molecule has 0 aliphatic carbocycles. The topological polar surface area (TPSA) is 47.1 Å². The Morgan fingerprint density at radius 3 is 2.84 bits per heavy atom. The van der Waals surface area contributed by atoms with E-state index in [1.807, 2.05) is 4.68 Å². The molecule has 1 saturated heterocycles. The molecule has 1 aromatic heterocycles. The summed E-state index contributed by atoms with van der Waals surface area (Å²) in [5.41, 5.74) is 8.64. The van der Waals surface area contributed by atoms with Crippen molar-refractivity contribution in [2.75, 3.05) is 18.0 Å². The van der Waals surface area contributed by atoms with Gasteiger partial charge >= 0.3 is 0 Å². The van der Waals surface area contributed by atoms with Gasteiger partial charge in [-0.05, 0) is 38.5 Å². The zero-order valence-electron chi connectivity index (χ0n) is 12.8. The molecular formula is C15H28N4. The number of aromatic nitrogens is 2. The van der Waals surface area contributed by atoms with Crippen molar-refractivity contribution in [3.63, 3.8) is 0 Å². The molecule has 2 N–H and O–H groups in total. The molecule has 0 bridgehead atoms. The van der Waals surface area contributed by atoms with Gasteiger partial charge in [0.2, 0.25) is 0 Å². The molecule has 4 nitrogen and oxygen atoms in total. The van der Waals surface area contributed by atoms with Gasteiger partial charge in [0.25, 0.3) is 0 Å². The maximum atomic E-state index is 6.15. The summed E-state index contributed by atoms with van der Waals surface area (Å²) in [4.78, 5) is 2.51. The number of nitrogens with zero attached hydrogens (tertiary/aromatic N) is 3. The highest BCUT2D eigenvalue weighted by atomic mass is 15.4. The summed E-state index contributed by atoms with van der Waals surface area (Å²) in [7, 11) is 2.06. The first kappa shape index (κ1) is 14.4. The monoisotopic (exact) mass is 264 g/mol. The molecule has 2 unspecified atom stereocenters. The Kier molecular flexibility index (Phi) is 4.50. The quantitative estimate of drug-likeness (QED) is 0.907. The fraction of sp³-hybridized carbons (Fsp3) is 0.800. The Hall–Kier alpha value is -1.03. The Labute approximate surface area is 117 Å². The van der Waals surface area contributed by atoms with Crippen molar-refractivity contribution in [1.29, 1.82) is 0 Å². The standard InChI is InChI=1S/C15H28N4/c1-5-13(16)9-14-12(3)17-18(4)15(14)19-8-6-7-11(2)10-19/h11,13H,5-10,16H2,1-4H3. The summed E-state index contributed by atoms with van der Waals surface area (Å²) in [5, 5.41) is 4.62. The Morgan fingerprint density at radius 1 is 1.47 bits per heavy atom. The summed E-state index contributed by atoms with van der Waals surface area (Å²) in [6.45, 7) is 8.89. The molecule has 1 aliphatic rings. The highest BCUT2D eigenvalue weighted by molar-refractivity contribution is 5.51. The van der Waals surface area contributed by atoms with E-state index in [1.165, 1.54) is 24.2 Å². The molecule has 1 aromatic rings. The lowest BCUT2D eigenvalue weighted by molar-refractivity contribution is 0.439. The van der Waals surface area contributed by atoms with E-state index in [0.717, 1.165) is 37.5 Å². The van der Waals surface area contributed by atoms with Gasteiger partial charge in [-0.15, -0.1) is 0 Å². The van der Waals surface area contributed by atoms with Crippen LogP contribution in [-0.2, 0) is 13.5 Å². The van der Waals surface area contributed by atoms with Crippen LogP contribution in [-0.4, -0.2) is 28.9 Å².